The van der Waals surface area contributed by atoms with Gasteiger partial charge in [-0.15, -0.1) is 0 Å². The minimum absolute atomic E-state index is 0.627. The standard InChI is InChI=1S/C25H24N3P/c26-20-16-17-22(19-21(27)18-20)28-29(23-10-4-1-5-11-23,24-12-6-2-7-13-24)25-14-8-3-9-15-25/h1-16,18-19H,17,26-27H2. The molecule has 0 fully saturated rings. The van der Waals surface area contributed by atoms with Crippen LogP contribution in [0.2, 0.25) is 0 Å². The molecule has 1 aliphatic rings. The van der Waals surface area contributed by atoms with Gasteiger partial charge in [0.25, 0.3) is 0 Å². The molecule has 0 saturated heterocycles. The lowest BCUT2D eigenvalue weighted by atomic mass is 10.3. The lowest BCUT2D eigenvalue weighted by Crippen LogP contribution is -2.25. The van der Waals surface area contributed by atoms with Crippen LogP contribution in [0.1, 0.15) is 6.42 Å². The van der Waals surface area contributed by atoms with E-state index in [-0.39, 0.29) is 0 Å². The van der Waals surface area contributed by atoms with Gasteiger partial charge >= 0.3 is 0 Å². The van der Waals surface area contributed by atoms with Gasteiger partial charge in [0.15, 0.2) is 0 Å². The second-order valence-corrected chi connectivity index (χ2v) is 9.95. The van der Waals surface area contributed by atoms with Gasteiger partial charge in [-0.25, -0.2) is 0 Å². The normalized spacial score (nSPS) is 14.3. The van der Waals surface area contributed by atoms with Crippen molar-refractivity contribution >= 4 is 23.0 Å². The summed E-state index contributed by atoms with van der Waals surface area (Å²) < 4.78 is 5.47. The third-order valence-corrected chi connectivity index (χ3v) is 8.57. The van der Waals surface area contributed by atoms with Crippen molar-refractivity contribution in [2.45, 2.75) is 6.42 Å². The van der Waals surface area contributed by atoms with E-state index in [2.05, 4.69) is 72.8 Å². The topological polar surface area (TPSA) is 64.4 Å². The Bertz CT molecular complexity index is 1030. The summed E-state index contributed by atoms with van der Waals surface area (Å²) in [7, 11) is -2.28. The van der Waals surface area contributed by atoms with Gasteiger partial charge in [-0.3, -0.25) is 4.74 Å². The Kier molecular flexibility index (Phi) is 5.50. The van der Waals surface area contributed by atoms with Crippen LogP contribution in [0.4, 0.5) is 0 Å². The smallest absolute Gasteiger partial charge is 0.0608 e. The number of allylic oxidation sites excluding steroid dienone is 3. The third kappa shape index (κ3) is 3.96. The van der Waals surface area contributed by atoms with Crippen molar-refractivity contribution in [2.75, 3.05) is 0 Å². The van der Waals surface area contributed by atoms with Crippen molar-refractivity contribution in [3.63, 3.8) is 0 Å². The van der Waals surface area contributed by atoms with E-state index in [4.69, 9.17) is 16.2 Å². The SMILES string of the molecule is NC1=CCC(N=P(c2ccccc2)(c2ccccc2)c2ccccc2)=CC(N)=C1. The van der Waals surface area contributed by atoms with Crippen LogP contribution in [0.5, 0.6) is 0 Å². The molecule has 4 rings (SSSR count). The molecule has 0 radical (unpaired) electrons. The Morgan fingerprint density at radius 3 is 1.48 bits per heavy atom. The summed E-state index contributed by atoms with van der Waals surface area (Å²) in [5.41, 5.74) is 14.4. The molecule has 0 aromatic heterocycles. The van der Waals surface area contributed by atoms with Crippen molar-refractivity contribution in [2.24, 2.45) is 16.2 Å². The van der Waals surface area contributed by atoms with E-state index in [1.807, 2.05) is 30.4 Å². The zero-order valence-corrected chi connectivity index (χ0v) is 17.0. The van der Waals surface area contributed by atoms with Gasteiger partial charge < -0.3 is 11.5 Å². The fourth-order valence-corrected chi connectivity index (χ4v) is 7.16. The molecule has 0 spiro atoms. The zero-order valence-electron chi connectivity index (χ0n) is 16.1. The van der Waals surface area contributed by atoms with E-state index in [1.165, 1.54) is 15.9 Å². The molecule has 0 saturated carbocycles. The van der Waals surface area contributed by atoms with Crippen molar-refractivity contribution < 1.29 is 0 Å². The molecule has 3 nitrogen and oxygen atoms in total. The van der Waals surface area contributed by atoms with Gasteiger partial charge in [0.05, 0.1) is 7.05 Å². The molecule has 0 atom stereocenters. The number of hydrogen-bond acceptors (Lipinski definition) is 3. The first-order valence-corrected chi connectivity index (χ1v) is 11.4. The Labute approximate surface area is 172 Å². The summed E-state index contributed by atoms with van der Waals surface area (Å²) >= 11 is 0. The van der Waals surface area contributed by atoms with Gasteiger partial charge in [-0.05, 0) is 12.2 Å². The summed E-state index contributed by atoms with van der Waals surface area (Å²) in [5.74, 6) is 0. The number of rotatable bonds is 4. The quantitative estimate of drug-likeness (QED) is 0.650. The molecule has 4 heteroatoms. The van der Waals surface area contributed by atoms with E-state index in [1.54, 1.807) is 6.08 Å². The van der Waals surface area contributed by atoms with Gasteiger partial charge in [-0.2, -0.15) is 0 Å². The molecule has 0 heterocycles. The highest BCUT2D eigenvalue weighted by Crippen LogP contribution is 2.48. The molecule has 29 heavy (non-hydrogen) atoms. The molecular formula is C25H24N3P. The average Bonchev–Trinajstić information content (AvgIpc) is 2.93. The maximum atomic E-state index is 6.17. The van der Waals surface area contributed by atoms with Crippen LogP contribution in [0.25, 0.3) is 0 Å². The van der Waals surface area contributed by atoms with Crippen molar-refractivity contribution in [3.8, 4) is 0 Å². The highest BCUT2D eigenvalue weighted by atomic mass is 31.2. The molecule has 0 unspecified atom stereocenters. The highest BCUT2D eigenvalue weighted by molar-refractivity contribution is 7.87. The molecule has 0 amide bonds. The minimum atomic E-state index is -2.28. The average molecular weight is 397 g/mol. The summed E-state index contributed by atoms with van der Waals surface area (Å²) in [6.07, 6.45) is 6.36. The predicted octanol–water partition coefficient (Wildman–Crippen LogP) is 4.14. The second-order valence-electron chi connectivity index (χ2n) is 6.93. The van der Waals surface area contributed by atoms with E-state index in [0.717, 1.165) is 5.70 Å². The van der Waals surface area contributed by atoms with E-state index >= 15 is 0 Å². The number of nitrogens with zero attached hydrogens (tertiary/aromatic N) is 1. The molecule has 4 N–H and O–H groups in total. The van der Waals surface area contributed by atoms with Gasteiger partial charge in [0.2, 0.25) is 0 Å². The largest absolute Gasteiger partial charge is 0.399 e. The molecule has 0 aliphatic heterocycles. The third-order valence-electron chi connectivity index (χ3n) is 4.88. The Morgan fingerprint density at radius 1 is 0.586 bits per heavy atom. The van der Waals surface area contributed by atoms with E-state index in [9.17, 15) is 0 Å². The Morgan fingerprint density at radius 2 is 1.03 bits per heavy atom. The molecule has 144 valence electrons. The van der Waals surface area contributed by atoms with Crippen LogP contribution in [0, 0.1) is 0 Å². The fraction of sp³-hybridized carbons (Fsp3) is 0.0400. The monoisotopic (exact) mass is 397 g/mol. The molecule has 1 aliphatic carbocycles. The summed E-state index contributed by atoms with van der Waals surface area (Å²) in [6.45, 7) is 0. The van der Waals surface area contributed by atoms with Crippen LogP contribution in [0.3, 0.4) is 0 Å². The zero-order chi connectivity index (χ0) is 20.1. The van der Waals surface area contributed by atoms with Crippen LogP contribution in [-0.4, -0.2) is 0 Å². The first-order valence-electron chi connectivity index (χ1n) is 9.61. The number of nitrogens with two attached hydrogens (primary N) is 2. The summed E-state index contributed by atoms with van der Waals surface area (Å²) in [4.78, 5) is 0. The van der Waals surface area contributed by atoms with Gasteiger partial charge in [0, 0.05) is 39.4 Å². The highest BCUT2D eigenvalue weighted by Gasteiger charge is 2.27. The van der Waals surface area contributed by atoms with Crippen molar-refractivity contribution in [3.05, 3.63) is 126 Å². The van der Waals surface area contributed by atoms with Crippen LogP contribution in [0.15, 0.2) is 131 Å². The predicted molar refractivity (Wildman–Crippen MR) is 125 cm³/mol. The molecular weight excluding hydrogens is 373 g/mol. The van der Waals surface area contributed by atoms with E-state index in [0.29, 0.717) is 17.8 Å². The van der Waals surface area contributed by atoms with Crippen LogP contribution < -0.4 is 27.4 Å². The Hall–Kier alpha value is -3.29. The maximum Gasteiger partial charge on any atom is 0.0608 e. The first-order chi connectivity index (χ1) is 14.2. The lowest BCUT2D eigenvalue weighted by Gasteiger charge is -2.27. The second kappa shape index (κ2) is 8.38. The minimum Gasteiger partial charge on any atom is -0.399 e. The van der Waals surface area contributed by atoms with Crippen LogP contribution >= 0.6 is 7.05 Å². The van der Waals surface area contributed by atoms with Crippen molar-refractivity contribution in [1.29, 1.82) is 0 Å². The Balaban J connectivity index is 2.08. The molecule has 3 aromatic rings. The van der Waals surface area contributed by atoms with Gasteiger partial charge in [-0.1, -0.05) is 97.1 Å². The van der Waals surface area contributed by atoms with Crippen molar-refractivity contribution in [1.82, 2.24) is 0 Å². The lowest BCUT2D eigenvalue weighted by molar-refractivity contribution is 1.16. The van der Waals surface area contributed by atoms with Gasteiger partial charge in [0.1, 0.15) is 0 Å². The summed E-state index contributed by atoms with van der Waals surface area (Å²) in [6, 6.07) is 31.7. The summed E-state index contributed by atoms with van der Waals surface area (Å²) in [5, 5.41) is 3.63. The first kappa shape index (κ1) is 19.0. The molecule has 3 aromatic carbocycles. The number of benzene rings is 3. The number of hydrogen-bond donors (Lipinski definition) is 2. The van der Waals surface area contributed by atoms with E-state index < -0.39 is 7.05 Å². The fourth-order valence-electron chi connectivity index (χ4n) is 3.58. The van der Waals surface area contributed by atoms with Crippen LogP contribution in [-0.2, 0) is 0 Å². The molecule has 0 bridgehead atoms. The maximum absolute atomic E-state index is 6.17.